The van der Waals surface area contributed by atoms with Gasteiger partial charge in [-0.25, -0.2) is 13.2 Å². The van der Waals surface area contributed by atoms with E-state index in [4.69, 9.17) is 4.74 Å². The molecule has 4 rings (SSSR count). The van der Waals surface area contributed by atoms with E-state index in [1.807, 2.05) is 24.3 Å². The molecule has 4 aromatic carbocycles. The summed E-state index contributed by atoms with van der Waals surface area (Å²) in [7, 11) is -4.37. The van der Waals surface area contributed by atoms with Gasteiger partial charge in [-0.3, -0.25) is 4.31 Å². The average molecular weight is 485 g/mol. The lowest BCUT2D eigenvalue weighted by atomic mass is 10.1. The third kappa shape index (κ3) is 5.04. The fraction of sp³-hybridized carbons (Fsp3) is 0.0800. The number of nitrogens with zero attached hydrogens (tertiary/aromatic N) is 1. The van der Waals surface area contributed by atoms with Crippen molar-refractivity contribution in [1.29, 1.82) is 0 Å². The Morgan fingerprint density at radius 3 is 2.18 bits per heavy atom. The van der Waals surface area contributed by atoms with Crippen LogP contribution in [0.25, 0.3) is 10.8 Å². The SMILES string of the molecule is O=C(CN(c1cccc(C(F)(F)F)c1)S(=O)(=O)c1ccccc1)Oc1ccc2ccccc2c1. The molecule has 34 heavy (non-hydrogen) atoms. The second-order valence-electron chi connectivity index (χ2n) is 7.36. The Morgan fingerprint density at radius 2 is 1.47 bits per heavy atom. The van der Waals surface area contributed by atoms with Crippen LogP contribution in [-0.4, -0.2) is 20.9 Å². The number of alkyl halides is 3. The Bertz CT molecular complexity index is 1440. The molecular formula is C25H18F3NO4S. The number of hydrogen-bond acceptors (Lipinski definition) is 4. The summed E-state index contributed by atoms with van der Waals surface area (Å²) in [5.41, 5.74) is -1.35. The van der Waals surface area contributed by atoms with Crippen molar-refractivity contribution in [2.45, 2.75) is 11.1 Å². The molecule has 0 amide bonds. The van der Waals surface area contributed by atoms with Gasteiger partial charge in [-0.1, -0.05) is 54.6 Å². The van der Waals surface area contributed by atoms with Gasteiger partial charge in [-0.15, -0.1) is 0 Å². The maximum Gasteiger partial charge on any atom is 0.416 e. The number of sulfonamides is 1. The zero-order chi connectivity index (χ0) is 24.3. The van der Waals surface area contributed by atoms with E-state index in [2.05, 4.69) is 0 Å². The number of fused-ring (bicyclic) bond motifs is 1. The highest BCUT2D eigenvalue weighted by Gasteiger charge is 2.33. The predicted octanol–water partition coefficient (Wildman–Crippen LogP) is 5.66. The minimum Gasteiger partial charge on any atom is -0.425 e. The van der Waals surface area contributed by atoms with E-state index in [1.54, 1.807) is 24.3 Å². The third-order valence-electron chi connectivity index (χ3n) is 5.02. The van der Waals surface area contributed by atoms with Gasteiger partial charge in [0.05, 0.1) is 16.1 Å². The highest BCUT2D eigenvalue weighted by atomic mass is 32.2. The van der Waals surface area contributed by atoms with E-state index < -0.39 is 34.3 Å². The van der Waals surface area contributed by atoms with Crippen LogP contribution in [0.4, 0.5) is 18.9 Å². The van der Waals surface area contributed by atoms with E-state index in [0.717, 1.165) is 22.9 Å². The zero-order valence-corrected chi connectivity index (χ0v) is 18.4. The Balaban J connectivity index is 1.68. The summed E-state index contributed by atoms with van der Waals surface area (Å²) < 4.78 is 72.3. The second-order valence-corrected chi connectivity index (χ2v) is 9.22. The first-order chi connectivity index (χ1) is 16.1. The summed E-state index contributed by atoms with van der Waals surface area (Å²) in [6.45, 7) is -0.828. The van der Waals surface area contributed by atoms with Crippen LogP contribution < -0.4 is 9.04 Å². The highest BCUT2D eigenvalue weighted by molar-refractivity contribution is 7.92. The standard InChI is InChI=1S/C25H18F3NO4S/c26-25(27,28)20-9-6-10-21(16-20)29(34(31,32)23-11-2-1-3-12-23)17-24(30)33-22-14-13-18-7-4-5-8-19(18)15-22/h1-16H,17H2. The Kier molecular flexibility index (Phi) is 6.30. The minimum atomic E-state index is -4.69. The highest BCUT2D eigenvalue weighted by Crippen LogP contribution is 2.33. The van der Waals surface area contributed by atoms with E-state index in [1.165, 1.54) is 30.3 Å². The smallest absolute Gasteiger partial charge is 0.416 e. The van der Waals surface area contributed by atoms with Crippen LogP contribution in [0.3, 0.4) is 0 Å². The number of halogens is 3. The van der Waals surface area contributed by atoms with Gasteiger partial charge in [0.15, 0.2) is 0 Å². The van der Waals surface area contributed by atoms with E-state index >= 15 is 0 Å². The van der Waals surface area contributed by atoms with Crippen LogP contribution in [0.1, 0.15) is 5.56 Å². The fourth-order valence-corrected chi connectivity index (χ4v) is 4.81. The van der Waals surface area contributed by atoms with Crippen LogP contribution in [0, 0.1) is 0 Å². The largest absolute Gasteiger partial charge is 0.425 e. The number of anilines is 1. The molecule has 174 valence electrons. The summed E-state index contributed by atoms with van der Waals surface area (Å²) in [5, 5.41) is 1.72. The Morgan fingerprint density at radius 1 is 0.794 bits per heavy atom. The molecule has 0 bridgehead atoms. The molecule has 0 spiro atoms. The van der Waals surface area contributed by atoms with Crippen LogP contribution in [-0.2, 0) is 21.0 Å². The summed E-state index contributed by atoms with van der Waals surface area (Å²) in [4.78, 5) is 12.6. The van der Waals surface area contributed by atoms with Crippen molar-refractivity contribution in [3.8, 4) is 5.75 Å². The van der Waals surface area contributed by atoms with E-state index in [9.17, 15) is 26.4 Å². The Labute approximate surface area is 194 Å². The molecule has 9 heteroatoms. The molecule has 0 aromatic heterocycles. The molecule has 4 aromatic rings. The van der Waals surface area contributed by atoms with Gasteiger partial charge in [-0.2, -0.15) is 13.2 Å². The molecule has 0 heterocycles. The molecule has 0 radical (unpaired) electrons. The van der Waals surface area contributed by atoms with Gasteiger partial charge in [0.1, 0.15) is 12.3 Å². The number of esters is 1. The minimum absolute atomic E-state index is 0.175. The normalized spacial score (nSPS) is 11.9. The average Bonchev–Trinajstić information content (AvgIpc) is 2.82. The van der Waals surface area contributed by atoms with Gasteiger partial charge in [0.2, 0.25) is 0 Å². The predicted molar refractivity (Wildman–Crippen MR) is 122 cm³/mol. The van der Waals surface area contributed by atoms with Gasteiger partial charge >= 0.3 is 12.1 Å². The number of rotatable bonds is 6. The van der Waals surface area contributed by atoms with Crippen molar-refractivity contribution in [2.75, 3.05) is 10.8 Å². The zero-order valence-electron chi connectivity index (χ0n) is 17.6. The van der Waals surface area contributed by atoms with Gasteiger partial charge in [-0.05, 0) is 53.2 Å². The monoisotopic (exact) mass is 485 g/mol. The first kappa shape index (κ1) is 23.3. The molecule has 0 aliphatic heterocycles. The second kappa shape index (κ2) is 9.18. The molecule has 0 aliphatic carbocycles. The summed E-state index contributed by atoms with van der Waals surface area (Å²) >= 11 is 0. The molecule has 0 unspecified atom stereocenters. The number of benzene rings is 4. The molecule has 0 saturated carbocycles. The molecule has 0 fully saturated rings. The van der Waals surface area contributed by atoms with Crippen LogP contribution in [0.15, 0.2) is 102 Å². The summed E-state index contributed by atoms with van der Waals surface area (Å²) in [6, 6.07) is 23.2. The van der Waals surface area contributed by atoms with Crippen molar-refractivity contribution >= 4 is 32.5 Å². The molecule has 0 N–H and O–H groups in total. The fourth-order valence-electron chi connectivity index (χ4n) is 3.38. The topological polar surface area (TPSA) is 63.7 Å². The van der Waals surface area contributed by atoms with Crippen molar-refractivity contribution in [3.05, 3.63) is 103 Å². The number of carbonyl (C=O) groups excluding carboxylic acids is 1. The molecular weight excluding hydrogens is 467 g/mol. The van der Waals surface area contributed by atoms with Crippen LogP contribution in [0.2, 0.25) is 0 Å². The van der Waals surface area contributed by atoms with E-state index in [0.29, 0.717) is 10.4 Å². The van der Waals surface area contributed by atoms with Gasteiger partial charge in [0.25, 0.3) is 10.0 Å². The van der Waals surface area contributed by atoms with Crippen molar-refractivity contribution in [3.63, 3.8) is 0 Å². The van der Waals surface area contributed by atoms with Gasteiger partial charge < -0.3 is 4.74 Å². The van der Waals surface area contributed by atoms with Crippen LogP contribution in [0.5, 0.6) is 5.75 Å². The van der Waals surface area contributed by atoms with Gasteiger partial charge in [0, 0.05) is 0 Å². The quantitative estimate of drug-likeness (QED) is 0.261. The number of ether oxygens (including phenoxy) is 1. The molecule has 0 atom stereocenters. The molecule has 5 nitrogen and oxygen atoms in total. The van der Waals surface area contributed by atoms with Crippen molar-refractivity contribution in [1.82, 2.24) is 0 Å². The summed E-state index contributed by atoms with van der Waals surface area (Å²) in [5.74, 6) is -0.767. The van der Waals surface area contributed by atoms with Crippen molar-refractivity contribution < 1.29 is 31.1 Å². The molecule has 0 aliphatic rings. The number of hydrogen-bond donors (Lipinski definition) is 0. The maximum absolute atomic E-state index is 13.3. The molecule has 0 saturated heterocycles. The number of carbonyl (C=O) groups is 1. The maximum atomic E-state index is 13.3. The van der Waals surface area contributed by atoms with E-state index in [-0.39, 0.29) is 16.3 Å². The lowest BCUT2D eigenvalue weighted by molar-refractivity contribution is -0.137. The third-order valence-corrected chi connectivity index (χ3v) is 6.81. The lowest BCUT2D eigenvalue weighted by Crippen LogP contribution is -2.37. The lowest BCUT2D eigenvalue weighted by Gasteiger charge is -2.24. The first-order valence-corrected chi connectivity index (χ1v) is 11.5. The Hall–Kier alpha value is -3.85. The first-order valence-electron chi connectivity index (χ1n) is 10.1. The van der Waals surface area contributed by atoms with Crippen molar-refractivity contribution in [2.24, 2.45) is 0 Å². The van der Waals surface area contributed by atoms with Crippen LogP contribution >= 0.6 is 0 Å². The summed E-state index contributed by atoms with van der Waals surface area (Å²) in [6.07, 6.45) is -4.69.